The topological polar surface area (TPSA) is 56.6 Å². The van der Waals surface area contributed by atoms with Crippen LogP contribution in [0.3, 0.4) is 0 Å². The highest BCUT2D eigenvalue weighted by atomic mass is 19.3. The number of halogens is 2. The molecule has 1 aromatic carbocycles. The van der Waals surface area contributed by atoms with Gasteiger partial charge in [0, 0.05) is 38.0 Å². The van der Waals surface area contributed by atoms with Crippen LogP contribution in [-0.4, -0.2) is 41.4 Å². The molecule has 2 aromatic rings. The minimum Gasteiger partial charge on any atom is -0.493 e. The van der Waals surface area contributed by atoms with Crippen LogP contribution in [0.25, 0.3) is 0 Å². The summed E-state index contributed by atoms with van der Waals surface area (Å²) < 4.78 is 35.8. The van der Waals surface area contributed by atoms with Gasteiger partial charge in [-0.3, -0.25) is 9.48 Å². The van der Waals surface area contributed by atoms with Crippen molar-refractivity contribution in [3.8, 4) is 11.5 Å². The number of hydrogen-bond acceptors (Lipinski definition) is 4. The number of aromatic nitrogens is 2. The van der Waals surface area contributed by atoms with Gasteiger partial charge in [-0.1, -0.05) is 0 Å². The third-order valence-electron chi connectivity index (χ3n) is 3.15. The molecule has 0 aliphatic rings. The predicted molar refractivity (Wildman–Crippen MR) is 78.6 cm³/mol. The van der Waals surface area contributed by atoms with E-state index in [1.54, 1.807) is 31.2 Å². The lowest BCUT2D eigenvalue weighted by Crippen LogP contribution is -2.26. The Morgan fingerprint density at radius 2 is 2.13 bits per heavy atom. The summed E-state index contributed by atoms with van der Waals surface area (Å²) in [7, 11) is 4.74. The molecule has 0 saturated carbocycles. The fraction of sp³-hybridized carbons (Fsp3) is 0.333. The van der Waals surface area contributed by atoms with E-state index in [4.69, 9.17) is 4.74 Å². The van der Waals surface area contributed by atoms with E-state index in [9.17, 15) is 13.6 Å². The van der Waals surface area contributed by atoms with E-state index in [0.29, 0.717) is 6.54 Å². The van der Waals surface area contributed by atoms with Crippen LogP contribution < -0.4 is 9.47 Å². The largest absolute Gasteiger partial charge is 0.493 e. The van der Waals surface area contributed by atoms with Crippen molar-refractivity contribution in [1.82, 2.24) is 14.7 Å². The molecular formula is C15H17F2N3O3. The molecule has 0 bridgehead atoms. The van der Waals surface area contributed by atoms with Crippen LogP contribution in [-0.2, 0) is 13.6 Å². The van der Waals surface area contributed by atoms with E-state index in [0.717, 1.165) is 5.56 Å². The van der Waals surface area contributed by atoms with Gasteiger partial charge in [0.2, 0.25) is 0 Å². The van der Waals surface area contributed by atoms with Crippen LogP contribution in [0.1, 0.15) is 15.9 Å². The molecule has 0 saturated heterocycles. The number of carbonyl (C=O) groups excluding carboxylic acids is 1. The lowest BCUT2D eigenvalue weighted by Gasteiger charge is -2.17. The molecule has 2 rings (SSSR count). The number of aryl methyl sites for hydroxylation is 1. The summed E-state index contributed by atoms with van der Waals surface area (Å²) in [6, 6.07) is 4.16. The number of carbonyl (C=O) groups is 1. The van der Waals surface area contributed by atoms with Gasteiger partial charge in [0.1, 0.15) is 0 Å². The van der Waals surface area contributed by atoms with Crippen molar-refractivity contribution >= 4 is 5.91 Å². The maximum Gasteiger partial charge on any atom is 0.387 e. The number of alkyl halides is 2. The molecule has 1 heterocycles. The Labute approximate surface area is 132 Å². The Kier molecular flexibility index (Phi) is 5.15. The summed E-state index contributed by atoms with van der Waals surface area (Å²) in [4.78, 5) is 13.9. The van der Waals surface area contributed by atoms with Crippen LogP contribution in [0.5, 0.6) is 11.5 Å². The first-order valence-electron chi connectivity index (χ1n) is 6.76. The number of methoxy groups -OCH3 is 1. The van der Waals surface area contributed by atoms with Gasteiger partial charge >= 0.3 is 6.61 Å². The molecule has 6 nitrogen and oxygen atoms in total. The molecular weight excluding hydrogens is 308 g/mol. The van der Waals surface area contributed by atoms with Crippen molar-refractivity contribution in [2.45, 2.75) is 13.2 Å². The molecule has 8 heteroatoms. The number of amides is 1. The van der Waals surface area contributed by atoms with Gasteiger partial charge < -0.3 is 14.4 Å². The first-order valence-corrected chi connectivity index (χ1v) is 6.76. The molecule has 0 fully saturated rings. The highest BCUT2D eigenvalue weighted by Gasteiger charge is 2.17. The minimum absolute atomic E-state index is 0.136. The molecule has 1 aromatic heterocycles. The Morgan fingerprint density at radius 3 is 2.70 bits per heavy atom. The number of benzene rings is 1. The number of ether oxygens (including phenoxy) is 2. The van der Waals surface area contributed by atoms with Gasteiger partial charge in [0.15, 0.2) is 11.5 Å². The van der Waals surface area contributed by atoms with Gasteiger partial charge in [-0.25, -0.2) is 0 Å². The molecule has 0 radical (unpaired) electrons. The molecule has 23 heavy (non-hydrogen) atoms. The first-order chi connectivity index (χ1) is 10.9. The summed E-state index contributed by atoms with van der Waals surface area (Å²) in [6.07, 6.45) is 3.45. The fourth-order valence-electron chi connectivity index (χ4n) is 2.12. The van der Waals surface area contributed by atoms with Gasteiger partial charge in [-0.2, -0.15) is 13.9 Å². The average molecular weight is 325 g/mol. The summed E-state index contributed by atoms with van der Waals surface area (Å²) in [5.41, 5.74) is 1.09. The Balaban J connectivity index is 2.17. The molecule has 0 N–H and O–H groups in total. The van der Waals surface area contributed by atoms with E-state index in [2.05, 4.69) is 9.84 Å². The van der Waals surface area contributed by atoms with Crippen molar-refractivity contribution in [3.63, 3.8) is 0 Å². The SMILES string of the molecule is COc1ccc(C(=O)N(C)Cc2cnn(C)c2)cc1OC(F)F. The molecule has 0 atom stereocenters. The Morgan fingerprint density at radius 1 is 1.39 bits per heavy atom. The fourth-order valence-corrected chi connectivity index (χ4v) is 2.12. The molecule has 0 aliphatic carbocycles. The lowest BCUT2D eigenvalue weighted by atomic mass is 10.1. The van der Waals surface area contributed by atoms with Gasteiger partial charge in [0.25, 0.3) is 5.91 Å². The third-order valence-corrected chi connectivity index (χ3v) is 3.15. The first kappa shape index (κ1) is 16.7. The van der Waals surface area contributed by atoms with Crippen LogP contribution in [0.4, 0.5) is 8.78 Å². The molecule has 124 valence electrons. The van der Waals surface area contributed by atoms with E-state index >= 15 is 0 Å². The van der Waals surface area contributed by atoms with Gasteiger partial charge in [-0.15, -0.1) is 0 Å². The second-order valence-corrected chi connectivity index (χ2v) is 4.93. The molecule has 0 aliphatic heterocycles. The van der Waals surface area contributed by atoms with Crippen LogP contribution >= 0.6 is 0 Å². The Hall–Kier alpha value is -2.64. The molecule has 0 spiro atoms. The zero-order chi connectivity index (χ0) is 17.0. The maximum atomic E-state index is 12.4. The highest BCUT2D eigenvalue weighted by molar-refractivity contribution is 5.94. The second kappa shape index (κ2) is 7.08. The van der Waals surface area contributed by atoms with E-state index in [-0.39, 0.29) is 23.0 Å². The Bertz CT molecular complexity index is 688. The third kappa shape index (κ3) is 4.18. The summed E-state index contributed by atoms with van der Waals surface area (Å²) in [5.74, 6) is -0.365. The van der Waals surface area contributed by atoms with Gasteiger partial charge in [0.05, 0.1) is 13.3 Å². The van der Waals surface area contributed by atoms with Crippen molar-refractivity contribution in [1.29, 1.82) is 0 Å². The van der Waals surface area contributed by atoms with Crippen LogP contribution in [0.2, 0.25) is 0 Å². The zero-order valence-electron chi connectivity index (χ0n) is 13.0. The number of rotatable bonds is 6. The second-order valence-electron chi connectivity index (χ2n) is 4.93. The summed E-state index contributed by atoms with van der Waals surface area (Å²) >= 11 is 0. The van der Waals surface area contributed by atoms with Crippen LogP contribution in [0, 0.1) is 0 Å². The van der Waals surface area contributed by atoms with Crippen LogP contribution in [0.15, 0.2) is 30.6 Å². The van der Waals surface area contributed by atoms with Crippen molar-refractivity contribution in [2.75, 3.05) is 14.2 Å². The standard InChI is InChI=1S/C15H17F2N3O3/c1-19(8-10-7-18-20(2)9-10)14(21)11-4-5-12(22-3)13(6-11)23-15(16)17/h4-7,9,15H,8H2,1-3H3. The van der Waals surface area contributed by atoms with Crippen molar-refractivity contribution in [2.24, 2.45) is 7.05 Å². The highest BCUT2D eigenvalue weighted by Crippen LogP contribution is 2.30. The maximum absolute atomic E-state index is 12.4. The quantitative estimate of drug-likeness (QED) is 0.818. The van der Waals surface area contributed by atoms with E-state index in [1.165, 1.54) is 30.2 Å². The lowest BCUT2D eigenvalue weighted by molar-refractivity contribution is -0.0512. The number of hydrogen-bond donors (Lipinski definition) is 0. The zero-order valence-corrected chi connectivity index (χ0v) is 13.0. The molecule has 0 unspecified atom stereocenters. The van der Waals surface area contributed by atoms with Gasteiger partial charge in [-0.05, 0) is 18.2 Å². The smallest absolute Gasteiger partial charge is 0.387 e. The summed E-state index contributed by atoms with van der Waals surface area (Å²) in [6.45, 7) is -2.65. The normalized spacial score (nSPS) is 10.7. The monoisotopic (exact) mass is 325 g/mol. The average Bonchev–Trinajstić information content (AvgIpc) is 2.90. The number of nitrogens with zero attached hydrogens (tertiary/aromatic N) is 3. The van der Waals surface area contributed by atoms with Crippen molar-refractivity contribution < 1.29 is 23.0 Å². The summed E-state index contributed by atoms with van der Waals surface area (Å²) in [5, 5.41) is 4.03. The van der Waals surface area contributed by atoms with Crippen molar-refractivity contribution in [3.05, 3.63) is 41.7 Å². The van der Waals surface area contributed by atoms with E-state index in [1.807, 2.05) is 0 Å². The molecule has 1 amide bonds. The predicted octanol–water partition coefficient (Wildman–Crippen LogP) is 2.30. The van der Waals surface area contributed by atoms with E-state index < -0.39 is 6.61 Å². The minimum atomic E-state index is -3.00.